The maximum atomic E-state index is 3.53. The number of anilines is 1. The lowest BCUT2D eigenvalue weighted by atomic mass is 9.71. The van der Waals surface area contributed by atoms with E-state index in [1.54, 1.807) is 5.56 Å². The quantitative estimate of drug-likeness (QED) is 0.656. The number of nitrogens with one attached hydrogen (secondary N) is 1. The predicted molar refractivity (Wildman–Crippen MR) is 58.5 cm³/mol. The molecule has 1 fully saturated rings. The third kappa shape index (κ3) is 1.08. The van der Waals surface area contributed by atoms with Crippen LogP contribution < -0.4 is 5.32 Å². The van der Waals surface area contributed by atoms with Gasteiger partial charge in [0.15, 0.2) is 0 Å². The predicted octanol–water partition coefficient (Wildman–Crippen LogP) is 3.11. The Bertz CT molecular complexity index is 331. The topological polar surface area (TPSA) is 12.0 Å². The Morgan fingerprint density at radius 2 is 2.07 bits per heavy atom. The highest BCUT2D eigenvalue weighted by atomic mass is 14.9. The number of rotatable bonds is 0. The molecule has 0 saturated heterocycles. The molecule has 1 heteroatoms. The Balaban J connectivity index is 2.03. The molecule has 1 aliphatic heterocycles. The van der Waals surface area contributed by atoms with Gasteiger partial charge >= 0.3 is 0 Å². The lowest BCUT2D eigenvalue weighted by Gasteiger charge is -2.33. The van der Waals surface area contributed by atoms with E-state index < -0.39 is 0 Å². The molecular weight excluding hydrogens is 170 g/mol. The molecule has 73 valence electrons. The summed E-state index contributed by atoms with van der Waals surface area (Å²) in [5.41, 5.74) is 3.35. The van der Waals surface area contributed by atoms with Crippen LogP contribution in [0, 0.1) is 6.07 Å². The van der Waals surface area contributed by atoms with E-state index >= 15 is 0 Å². The lowest BCUT2D eigenvalue weighted by molar-refractivity contribution is 0.319. The SMILES string of the molecule is [c]1ccc2c(c1)NCC21CCCCC1. The van der Waals surface area contributed by atoms with E-state index in [4.69, 9.17) is 0 Å². The van der Waals surface area contributed by atoms with Crippen molar-refractivity contribution in [2.24, 2.45) is 0 Å². The van der Waals surface area contributed by atoms with Gasteiger partial charge in [0, 0.05) is 17.6 Å². The molecule has 0 atom stereocenters. The van der Waals surface area contributed by atoms with Gasteiger partial charge in [0.1, 0.15) is 0 Å². The third-order valence-electron chi connectivity index (χ3n) is 3.86. The molecule has 0 unspecified atom stereocenters. The standard InChI is InChI=1S/C13H16N/c1-4-8-13(9-5-1)10-14-12-7-3-2-6-11(12)13/h2,6-7,14H,1,4-5,8-10H2. The van der Waals surface area contributed by atoms with Crippen LogP contribution in [0.15, 0.2) is 18.2 Å². The van der Waals surface area contributed by atoms with Crippen LogP contribution >= 0.6 is 0 Å². The van der Waals surface area contributed by atoms with Crippen molar-refractivity contribution in [3.8, 4) is 0 Å². The number of fused-ring (bicyclic) bond motifs is 2. The molecule has 1 aromatic carbocycles. The van der Waals surface area contributed by atoms with Crippen molar-refractivity contribution in [2.75, 3.05) is 11.9 Å². The van der Waals surface area contributed by atoms with Crippen LogP contribution in [-0.2, 0) is 5.41 Å². The Labute approximate surface area is 85.5 Å². The minimum Gasteiger partial charge on any atom is -0.384 e. The van der Waals surface area contributed by atoms with Crippen LogP contribution in [0.1, 0.15) is 37.7 Å². The zero-order chi connectivity index (χ0) is 9.43. The van der Waals surface area contributed by atoms with Gasteiger partial charge in [-0.15, -0.1) is 0 Å². The highest BCUT2D eigenvalue weighted by Crippen LogP contribution is 2.46. The fourth-order valence-electron chi connectivity index (χ4n) is 3.07. The van der Waals surface area contributed by atoms with Gasteiger partial charge < -0.3 is 5.32 Å². The summed E-state index contributed by atoms with van der Waals surface area (Å²) in [5.74, 6) is 0. The fourth-order valence-corrected chi connectivity index (χ4v) is 3.07. The first-order chi connectivity index (χ1) is 6.91. The van der Waals surface area contributed by atoms with E-state index in [1.807, 2.05) is 0 Å². The number of hydrogen-bond donors (Lipinski definition) is 1. The Morgan fingerprint density at radius 1 is 1.21 bits per heavy atom. The molecule has 2 aliphatic rings. The van der Waals surface area contributed by atoms with Crippen molar-refractivity contribution >= 4 is 5.69 Å². The maximum absolute atomic E-state index is 3.53. The second-order valence-corrected chi connectivity index (χ2v) is 4.67. The van der Waals surface area contributed by atoms with Gasteiger partial charge in [-0.3, -0.25) is 0 Å². The van der Waals surface area contributed by atoms with Gasteiger partial charge in [0.2, 0.25) is 0 Å². The van der Waals surface area contributed by atoms with E-state index in [1.165, 1.54) is 37.8 Å². The average molecular weight is 186 g/mol. The molecule has 0 bridgehead atoms. The summed E-state index contributed by atoms with van der Waals surface area (Å²) in [4.78, 5) is 0. The molecule has 0 aromatic heterocycles. The third-order valence-corrected chi connectivity index (χ3v) is 3.86. The van der Waals surface area contributed by atoms with Crippen molar-refractivity contribution in [2.45, 2.75) is 37.5 Å². The monoisotopic (exact) mass is 186 g/mol. The molecule has 14 heavy (non-hydrogen) atoms. The van der Waals surface area contributed by atoms with Crippen LogP contribution in [0.25, 0.3) is 0 Å². The van der Waals surface area contributed by atoms with Gasteiger partial charge in [-0.1, -0.05) is 31.4 Å². The van der Waals surface area contributed by atoms with E-state index in [0.717, 1.165) is 6.54 Å². The molecular formula is C13H16N. The molecule has 1 heterocycles. The first kappa shape index (κ1) is 8.34. The van der Waals surface area contributed by atoms with E-state index in [2.05, 4.69) is 29.6 Å². The highest BCUT2D eigenvalue weighted by molar-refractivity contribution is 5.60. The summed E-state index contributed by atoms with van der Waals surface area (Å²) >= 11 is 0. The van der Waals surface area contributed by atoms with Gasteiger partial charge in [0.25, 0.3) is 0 Å². The number of benzene rings is 1. The second kappa shape index (κ2) is 3.01. The highest BCUT2D eigenvalue weighted by Gasteiger charge is 2.39. The largest absolute Gasteiger partial charge is 0.384 e. The second-order valence-electron chi connectivity index (χ2n) is 4.67. The van der Waals surface area contributed by atoms with Crippen LogP contribution in [0.5, 0.6) is 0 Å². The molecule has 1 N–H and O–H groups in total. The molecule has 0 amide bonds. The van der Waals surface area contributed by atoms with Gasteiger partial charge in [-0.2, -0.15) is 0 Å². The maximum Gasteiger partial charge on any atom is 0.0385 e. The molecule has 1 aliphatic carbocycles. The molecule has 1 radical (unpaired) electrons. The van der Waals surface area contributed by atoms with Crippen LogP contribution in [0.4, 0.5) is 5.69 Å². The average Bonchev–Trinajstić information content (AvgIpc) is 2.60. The Hall–Kier alpha value is -0.980. The summed E-state index contributed by atoms with van der Waals surface area (Å²) < 4.78 is 0. The zero-order valence-corrected chi connectivity index (χ0v) is 8.47. The Kier molecular flexibility index (Phi) is 1.79. The zero-order valence-electron chi connectivity index (χ0n) is 8.47. The minimum absolute atomic E-state index is 0.475. The van der Waals surface area contributed by atoms with Gasteiger partial charge in [-0.05, 0) is 30.5 Å². The van der Waals surface area contributed by atoms with E-state index in [-0.39, 0.29) is 0 Å². The normalized spacial score (nSPS) is 23.1. The molecule has 3 rings (SSSR count). The Morgan fingerprint density at radius 3 is 2.93 bits per heavy atom. The van der Waals surface area contributed by atoms with Crippen molar-refractivity contribution in [1.29, 1.82) is 0 Å². The summed E-state index contributed by atoms with van der Waals surface area (Å²) in [6.45, 7) is 1.15. The summed E-state index contributed by atoms with van der Waals surface area (Å²) in [5, 5.41) is 3.53. The molecule has 1 aromatic rings. The van der Waals surface area contributed by atoms with E-state index in [9.17, 15) is 0 Å². The van der Waals surface area contributed by atoms with Crippen LogP contribution in [0.2, 0.25) is 0 Å². The van der Waals surface area contributed by atoms with Crippen molar-refractivity contribution in [1.82, 2.24) is 0 Å². The fraction of sp³-hybridized carbons (Fsp3) is 0.538. The summed E-state index contributed by atoms with van der Waals surface area (Å²) in [6.07, 6.45) is 6.98. The molecule has 1 nitrogen and oxygen atoms in total. The molecule has 1 saturated carbocycles. The minimum atomic E-state index is 0.475. The van der Waals surface area contributed by atoms with Crippen LogP contribution in [-0.4, -0.2) is 6.54 Å². The van der Waals surface area contributed by atoms with Gasteiger partial charge in [0.05, 0.1) is 0 Å². The molecule has 1 spiro atoms. The summed E-state index contributed by atoms with van der Waals surface area (Å²) in [7, 11) is 0. The van der Waals surface area contributed by atoms with Crippen molar-refractivity contribution < 1.29 is 0 Å². The lowest BCUT2D eigenvalue weighted by Crippen LogP contribution is -2.30. The first-order valence-electron chi connectivity index (χ1n) is 5.65. The van der Waals surface area contributed by atoms with Crippen molar-refractivity contribution in [3.05, 3.63) is 29.8 Å². The van der Waals surface area contributed by atoms with Gasteiger partial charge in [-0.25, -0.2) is 0 Å². The van der Waals surface area contributed by atoms with Crippen molar-refractivity contribution in [3.63, 3.8) is 0 Å². The number of hydrogen-bond acceptors (Lipinski definition) is 1. The summed E-state index contributed by atoms with van der Waals surface area (Å²) in [6, 6.07) is 9.57. The van der Waals surface area contributed by atoms with E-state index in [0.29, 0.717) is 5.41 Å². The first-order valence-corrected chi connectivity index (χ1v) is 5.65. The smallest absolute Gasteiger partial charge is 0.0385 e. The van der Waals surface area contributed by atoms with Crippen LogP contribution in [0.3, 0.4) is 0 Å².